The molecule has 1 aliphatic heterocycles. The van der Waals surface area contributed by atoms with Gasteiger partial charge in [-0.15, -0.1) is 0 Å². The highest BCUT2D eigenvalue weighted by molar-refractivity contribution is 5.78. The van der Waals surface area contributed by atoms with Crippen molar-refractivity contribution in [1.82, 2.24) is 25.4 Å². The molecule has 8 nitrogen and oxygen atoms in total. The number of amides is 1. The Hall–Kier alpha value is -3.07. The molecule has 8 heteroatoms. The molecular weight excluding hydrogens is 478 g/mol. The van der Waals surface area contributed by atoms with Crippen LogP contribution in [0.25, 0.3) is 11.3 Å². The highest BCUT2D eigenvalue weighted by atomic mass is 16.5. The lowest BCUT2D eigenvalue weighted by molar-refractivity contribution is -0.127. The summed E-state index contributed by atoms with van der Waals surface area (Å²) in [6.07, 6.45) is 4.11. The normalized spacial score (nSPS) is 17.2. The van der Waals surface area contributed by atoms with E-state index >= 15 is 0 Å². The first-order valence-corrected chi connectivity index (χ1v) is 13.2. The number of aliphatic hydroxyl groups is 1. The predicted octanol–water partition coefficient (Wildman–Crippen LogP) is 3.87. The van der Waals surface area contributed by atoms with Crippen LogP contribution < -0.4 is 5.32 Å². The van der Waals surface area contributed by atoms with E-state index in [-0.39, 0.29) is 17.9 Å². The van der Waals surface area contributed by atoms with Gasteiger partial charge in [-0.05, 0) is 50.1 Å². The lowest BCUT2D eigenvalue weighted by Gasteiger charge is -2.55. The fourth-order valence-corrected chi connectivity index (χ4v) is 5.79. The minimum atomic E-state index is -1.22. The average Bonchev–Trinajstić information content (AvgIpc) is 3.30. The fourth-order valence-electron chi connectivity index (χ4n) is 5.79. The number of nitrogens with zero attached hydrogens (tertiary/aromatic N) is 3. The highest BCUT2D eigenvalue weighted by Gasteiger charge is 2.55. The van der Waals surface area contributed by atoms with Crippen LogP contribution in [0, 0.1) is 5.41 Å². The van der Waals surface area contributed by atoms with E-state index in [1.807, 2.05) is 26.0 Å². The molecule has 0 unspecified atom stereocenters. The molecule has 0 saturated carbocycles. The number of hydrogen-bond donors (Lipinski definition) is 3. The minimum Gasteiger partial charge on any atom is -0.380 e. The third-order valence-corrected chi connectivity index (χ3v) is 7.57. The van der Waals surface area contributed by atoms with Crippen molar-refractivity contribution in [2.24, 2.45) is 5.41 Å². The number of aromatic amines is 1. The van der Waals surface area contributed by atoms with Crippen molar-refractivity contribution in [2.75, 3.05) is 33.9 Å². The van der Waals surface area contributed by atoms with Gasteiger partial charge < -0.3 is 20.1 Å². The average molecular weight is 520 g/mol. The van der Waals surface area contributed by atoms with Gasteiger partial charge in [0, 0.05) is 66.8 Å². The Labute approximate surface area is 225 Å². The quantitative estimate of drug-likeness (QED) is 0.376. The van der Waals surface area contributed by atoms with Gasteiger partial charge in [0.05, 0.1) is 5.69 Å². The van der Waals surface area contributed by atoms with Crippen LogP contribution in [0.2, 0.25) is 0 Å². The Balaban J connectivity index is 1.65. The third kappa shape index (κ3) is 5.53. The van der Waals surface area contributed by atoms with E-state index in [9.17, 15) is 9.90 Å². The maximum Gasteiger partial charge on any atom is 0.246 e. The zero-order valence-corrected chi connectivity index (χ0v) is 23.6. The summed E-state index contributed by atoms with van der Waals surface area (Å²) in [6.45, 7) is 12.0. The molecule has 3 N–H and O–H groups in total. The zero-order valence-electron chi connectivity index (χ0n) is 23.6. The van der Waals surface area contributed by atoms with Crippen LogP contribution in [0.15, 0.2) is 48.8 Å². The Kier molecular flexibility index (Phi) is 7.79. The molecule has 4 rings (SSSR count). The topological polar surface area (TPSA) is 103 Å². The molecule has 1 aromatic carbocycles. The van der Waals surface area contributed by atoms with Crippen LogP contribution >= 0.6 is 0 Å². The van der Waals surface area contributed by atoms with Crippen molar-refractivity contribution in [3.63, 3.8) is 0 Å². The van der Waals surface area contributed by atoms with E-state index in [2.05, 4.69) is 77.5 Å². The monoisotopic (exact) mass is 519 g/mol. The van der Waals surface area contributed by atoms with E-state index < -0.39 is 11.1 Å². The van der Waals surface area contributed by atoms with Crippen LogP contribution in [0.3, 0.4) is 0 Å². The lowest BCUT2D eigenvalue weighted by atomic mass is 9.62. The van der Waals surface area contributed by atoms with Gasteiger partial charge in [-0.25, -0.2) is 0 Å². The number of carbonyl (C=O) groups excluding carboxylic acids is 1. The summed E-state index contributed by atoms with van der Waals surface area (Å²) >= 11 is 0. The molecule has 1 atom stereocenters. The molecule has 1 saturated heterocycles. The number of benzene rings is 1. The molecule has 0 aliphatic carbocycles. The molecule has 0 radical (unpaired) electrons. The molecule has 1 fully saturated rings. The second-order valence-corrected chi connectivity index (χ2v) is 12.0. The van der Waals surface area contributed by atoms with Crippen molar-refractivity contribution in [3.05, 3.63) is 71.2 Å². The van der Waals surface area contributed by atoms with E-state index in [1.54, 1.807) is 12.4 Å². The van der Waals surface area contributed by atoms with Crippen molar-refractivity contribution < 1.29 is 14.6 Å². The first-order valence-electron chi connectivity index (χ1n) is 13.2. The molecule has 1 amide bonds. The van der Waals surface area contributed by atoms with Gasteiger partial charge in [-0.2, -0.15) is 5.10 Å². The van der Waals surface area contributed by atoms with Crippen LogP contribution in [-0.2, 0) is 21.6 Å². The van der Waals surface area contributed by atoms with Gasteiger partial charge in [0.25, 0.3) is 0 Å². The molecule has 0 bridgehead atoms. The maximum atomic E-state index is 12.5. The van der Waals surface area contributed by atoms with Crippen molar-refractivity contribution in [3.8, 4) is 11.3 Å². The Morgan fingerprint density at radius 1 is 1.18 bits per heavy atom. The van der Waals surface area contributed by atoms with E-state index in [1.165, 1.54) is 12.7 Å². The Morgan fingerprint density at radius 2 is 1.87 bits per heavy atom. The molecule has 3 heterocycles. The SMILES string of the molecule is COCC(=O)NC(C)(C)Cc1cc(-c2cncc([C@@](O)(c3ccc(C(C)C)cc3)C3(C)CN(C)C3)c2)n[nH]1. The van der Waals surface area contributed by atoms with Gasteiger partial charge in [0.2, 0.25) is 5.91 Å². The van der Waals surface area contributed by atoms with Crippen LogP contribution in [0.4, 0.5) is 0 Å². The number of methoxy groups -OCH3 is 1. The molecule has 2 aromatic heterocycles. The predicted molar refractivity (Wildman–Crippen MR) is 149 cm³/mol. The van der Waals surface area contributed by atoms with Crippen molar-refractivity contribution in [1.29, 1.82) is 0 Å². The minimum absolute atomic E-state index is 0.0218. The molecular formula is C30H41N5O3. The van der Waals surface area contributed by atoms with E-state index in [4.69, 9.17) is 4.74 Å². The molecule has 204 valence electrons. The Bertz CT molecular complexity index is 1260. The number of hydrogen-bond acceptors (Lipinski definition) is 6. The second-order valence-electron chi connectivity index (χ2n) is 12.0. The number of carbonyl (C=O) groups is 1. The lowest BCUT2D eigenvalue weighted by Crippen LogP contribution is -2.63. The first-order chi connectivity index (χ1) is 17.9. The van der Waals surface area contributed by atoms with Crippen molar-refractivity contribution in [2.45, 2.75) is 58.1 Å². The van der Waals surface area contributed by atoms with Gasteiger partial charge in [0.15, 0.2) is 0 Å². The van der Waals surface area contributed by atoms with E-state index in [0.29, 0.717) is 12.3 Å². The number of H-pyrrole nitrogens is 1. The Morgan fingerprint density at radius 3 is 2.47 bits per heavy atom. The van der Waals surface area contributed by atoms with Crippen molar-refractivity contribution >= 4 is 5.91 Å². The highest BCUT2D eigenvalue weighted by Crippen LogP contribution is 2.50. The number of nitrogens with one attached hydrogen (secondary N) is 2. The number of ether oxygens (including phenoxy) is 1. The molecule has 0 spiro atoms. The zero-order chi connectivity index (χ0) is 27.7. The number of rotatable bonds is 10. The third-order valence-electron chi connectivity index (χ3n) is 7.57. The number of likely N-dealkylation sites (tertiary alicyclic amines) is 1. The van der Waals surface area contributed by atoms with Gasteiger partial charge in [-0.1, -0.05) is 45.0 Å². The summed E-state index contributed by atoms with van der Waals surface area (Å²) in [7, 11) is 3.57. The van der Waals surface area contributed by atoms with Gasteiger partial charge in [0.1, 0.15) is 12.2 Å². The van der Waals surface area contributed by atoms with Crippen LogP contribution in [0.1, 0.15) is 62.9 Å². The number of aromatic nitrogens is 3. The van der Waals surface area contributed by atoms with Gasteiger partial charge in [-0.3, -0.25) is 14.9 Å². The number of pyridine rings is 1. The maximum absolute atomic E-state index is 12.5. The van der Waals surface area contributed by atoms with Crippen LogP contribution in [-0.4, -0.2) is 70.5 Å². The first kappa shape index (κ1) is 28.0. The summed E-state index contributed by atoms with van der Waals surface area (Å²) in [5, 5.41) is 23.1. The second kappa shape index (κ2) is 10.6. The van der Waals surface area contributed by atoms with Crippen LogP contribution in [0.5, 0.6) is 0 Å². The van der Waals surface area contributed by atoms with Gasteiger partial charge >= 0.3 is 0 Å². The summed E-state index contributed by atoms with van der Waals surface area (Å²) in [6, 6.07) is 12.3. The smallest absolute Gasteiger partial charge is 0.246 e. The largest absolute Gasteiger partial charge is 0.380 e. The van der Waals surface area contributed by atoms with E-state index in [0.717, 1.165) is 41.2 Å². The fraction of sp³-hybridized carbons (Fsp3) is 0.500. The molecule has 3 aromatic rings. The summed E-state index contributed by atoms with van der Waals surface area (Å²) in [5.41, 5.74) is 3.23. The standard InChI is InChI=1S/C30H41N5O3/c1-20(2)21-8-10-23(11-9-21)30(37,29(5)18-35(6)19-29)24-12-22(15-31-16-24)26-13-25(33-34-26)14-28(3,4)32-27(36)17-38-7/h8-13,15-16,20,37H,14,17-19H2,1-7H3,(H,32,36)(H,33,34)/t30-/m0/s1. The molecule has 1 aliphatic rings. The summed E-state index contributed by atoms with van der Waals surface area (Å²) in [5.74, 6) is 0.254. The summed E-state index contributed by atoms with van der Waals surface area (Å²) < 4.78 is 4.93. The molecule has 38 heavy (non-hydrogen) atoms. The summed E-state index contributed by atoms with van der Waals surface area (Å²) in [4.78, 5) is 18.8.